The average Bonchev–Trinajstić information content (AvgIpc) is 0.812. The molecule has 40 nitrogen and oxygen atoms in total. The highest BCUT2D eigenvalue weighted by Gasteiger charge is 2.42. The molecule has 1 aliphatic heterocycles. The lowest BCUT2D eigenvalue weighted by Gasteiger charge is -2.34. The van der Waals surface area contributed by atoms with Crippen molar-refractivity contribution in [2.24, 2.45) is 34.4 Å². The summed E-state index contributed by atoms with van der Waals surface area (Å²) in [6.45, 7) is 4.53. The monoisotopic (exact) mass is 1600 g/mol. The summed E-state index contributed by atoms with van der Waals surface area (Å²) in [5.41, 5.74) is 32.0. The second kappa shape index (κ2) is 47.6. The third-order valence-electron chi connectivity index (χ3n) is 17.6. The van der Waals surface area contributed by atoms with E-state index in [4.69, 9.17) is 39.1 Å². The SMILES string of the molecule is CC(=O)NCCCC[C@H](NC(=O)[C@](C)(CCCCN)NC(=O)[C@H](Cc1ccc2ccccc2c1)NC(=O)[C@H](Cc1ccc(OCCN)cc1)NC(=O)[C@@H]1CSCC[C@H](NC(C)=O)C(=O)N[C@@H](CCC(N)=O)C(=O)N[C@@H]([C@@H](C)O)C(=O)N[C@@H](CC(=O)O)C(=O)N[C@@H](CCC(N)=O)C(=O)N1)C(=O)N[C@@H](CC(N)=O)C(=O)NCC(N)=O. The molecule has 12 atom stereocenters. The van der Waals surface area contributed by atoms with Gasteiger partial charge in [-0.15, -0.1) is 0 Å². The number of ether oxygens (including phenoxy) is 1. The Kier molecular flexibility index (Phi) is 39.5. The molecule has 0 bridgehead atoms. The zero-order valence-electron chi connectivity index (χ0n) is 63.3. The molecule has 0 radical (unpaired) electrons. The lowest BCUT2D eigenvalue weighted by atomic mass is 9.91. The molecule has 0 aromatic heterocycles. The predicted octanol–water partition coefficient (Wildman–Crippen LogP) is -6.86. The van der Waals surface area contributed by atoms with Crippen molar-refractivity contribution < 1.29 is 101 Å². The van der Waals surface area contributed by atoms with Gasteiger partial charge in [0.15, 0.2) is 0 Å². The number of hydrogen-bond donors (Lipinski definition) is 21. The van der Waals surface area contributed by atoms with E-state index in [2.05, 4.69) is 69.1 Å². The zero-order chi connectivity index (χ0) is 84.1. The van der Waals surface area contributed by atoms with E-state index in [9.17, 15) is 77.3 Å². The molecule has 620 valence electrons. The number of hydrogen-bond acceptors (Lipinski definition) is 23. The minimum absolute atomic E-state index is 0.103. The number of rotatable bonds is 41. The van der Waals surface area contributed by atoms with Crippen LogP contribution in [0.4, 0.5) is 0 Å². The summed E-state index contributed by atoms with van der Waals surface area (Å²) >= 11 is 0.870. The molecule has 3 aromatic carbocycles. The van der Waals surface area contributed by atoms with Crippen molar-refractivity contribution >= 4 is 129 Å². The summed E-state index contributed by atoms with van der Waals surface area (Å²) < 4.78 is 5.68. The highest BCUT2D eigenvalue weighted by molar-refractivity contribution is 7.99. The summed E-state index contributed by atoms with van der Waals surface area (Å²) in [4.78, 5) is 245. The molecule has 0 saturated carbocycles. The summed E-state index contributed by atoms with van der Waals surface area (Å²) in [6, 6.07) is 0.678. The lowest BCUT2D eigenvalue weighted by molar-refractivity contribution is -0.142. The smallest absolute Gasteiger partial charge is 0.305 e. The van der Waals surface area contributed by atoms with Gasteiger partial charge in [0.25, 0.3) is 0 Å². The Balaban J connectivity index is 1.93. The number of carboxylic acids is 1. The fourth-order valence-electron chi connectivity index (χ4n) is 11.5. The second-order valence-corrected chi connectivity index (χ2v) is 28.3. The van der Waals surface area contributed by atoms with Crippen molar-refractivity contribution in [1.29, 1.82) is 0 Å². The summed E-state index contributed by atoms with van der Waals surface area (Å²) in [5.74, 6) is -19.7. The van der Waals surface area contributed by atoms with Crippen LogP contribution in [0.3, 0.4) is 0 Å². The Bertz CT molecular complexity index is 3890. The number of aliphatic hydroxyl groups excluding tert-OH is 1. The molecule has 1 fully saturated rings. The molecule has 0 unspecified atom stereocenters. The van der Waals surface area contributed by atoms with Gasteiger partial charge in [-0.05, 0) is 118 Å². The van der Waals surface area contributed by atoms with Crippen molar-refractivity contribution in [2.45, 2.75) is 196 Å². The minimum Gasteiger partial charge on any atom is -0.492 e. The molecule has 1 saturated heterocycles. The van der Waals surface area contributed by atoms with E-state index in [1.807, 2.05) is 6.07 Å². The number of carbonyl (C=O) groups is 18. The van der Waals surface area contributed by atoms with Crippen molar-refractivity contribution in [2.75, 3.05) is 44.3 Å². The molecular formula is C72H105N19O21S. The van der Waals surface area contributed by atoms with Gasteiger partial charge in [-0.1, -0.05) is 54.6 Å². The summed E-state index contributed by atoms with van der Waals surface area (Å²) in [6.07, 6.45) is -6.69. The number of fused-ring (bicyclic) bond motifs is 1. The van der Waals surface area contributed by atoms with Gasteiger partial charge < -0.3 is 118 Å². The first-order valence-electron chi connectivity index (χ1n) is 36.5. The molecule has 1 aliphatic rings. The first-order valence-corrected chi connectivity index (χ1v) is 37.6. The van der Waals surface area contributed by atoms with E-state index in [1.165, 1.54) is 26.0 Å². The summed E-state index contributed by atoms with van der Waals surface area (Å²) in [5, 5.41) is 54.3. The summed E-state index contributed by atoms with van der Waals surface area (Å²) in [7, 11) is 0. The number of benzene rings is 3. The van der Waals surface area contributed by atoms with E-state index in [-0.39, 0.29) is 82.8 Å². The molecular weight excluding hydrogens is 1500 g/mol. The molecule has 41 heteroatoms. The number of amides is 17. The third kappa shape index (κ3) is 33.9. The largest absolute Gasteiger partial charge is 0.492 e. The Labute approximate surface area is 655 Å². The molecule has 3 aromatic rings. The fourth-order valence-corrected chi connectivity index (χ4v) is 12.6. The highest BCUT2D eigenvalue weighted by Crippen LogP contribution is 2.22. The van der Waals surface area contributed by atoms with E-state index in [1.54, 1.807) is 48.5 Å². The lowest BCUT2D eigenvalue weighted by Crippen LogP contribution is -2.64. The number of nitrogens with two attached hydrogens (primary N) is 6. The quantitative estimate of drug-likeness (QED) is 0.0235. The maximum absolute atomic E-state index is 15.6. The van der Waals surface area contributed by atoms with E-state index in [0.717, 1.165) is 31.0 Å². The maximum atomic E-state index is 15.6. The van der Waals surface area contributed by atoms with Gasteiger partial charge in [0.1, 0.15) is 78.3 Å². The van der Waals surface area contributed by atoms with Crippen LogP contribution in [-0.4, -0.2) is 233 Å². The van der Waals surface area contributed by atoms with Crippen LogP contribution >= 0.6 is 11.8 Å². The van der Waals surface area contributed by atoms with E-state index in [0.29, 0.717) is 28.7 Å². The van der Waals surface area contributed by atoms with Crippen LogP contribution in [0.25, 0.3) is 10.8 Å². The molecule has 17 amide bonds. The number of nitrogens with one attached hydrogen (secondary N) is 13. The molecule has 0 aliphatic carbocycles. The Morgan fingerprint density at radius 2 is 1.18 bits per heavy atom. The van der Waals surface area contributed by atoms with Crippen LogP contribution in [0.15, 0.2) is 66.7 Å². The van der Waals surface area contributed by atoms with E-state index < -0.39 is 230 Å². The Hall–Kier alpha value is -11.6. The molecule has 113 heavy (non-hydrogen) atoms. The predicted molar refractivity (Wildman–Crippen MR) is 408 cm³/mol. The topological polar surface area (TPSA) is 669 Å². The van der Waals surface area contributed by atoms with Gasteiger partial charge in [0, 0.05) is 58.4 Å². The van der Waals surface area contributed by atoms with E-state index >= 15 is 19.2 Å². The van der Waals surface area contributed by atoms with Crippen LogP contribution < -0.4 is 108 Å². The normalized spacial score (nSPS) is 19.0. The second-order valence-electron chi connectivity index (χ2n) is 27.2. The first-order chi connectivity index (χ1) is 53.4. The standard InChI is InChI=1S/C72H105N19O21S/c1-38(92)60-70(110)87-53(35-59(99)100)67(107)83-47(20-22-55(75)95)63(103)88-54(37-113-30-24-49(81-40(3)94)64(104)82-48(65(105)90-60)21-23-56(76)96)68(108)84-50(32-41-15-18-45(19-16-41)112-29-27-74)66(106)85-51(33-42-14-17-43-11-5-6-12-44(43)31-42)69(109)91-72(4,25-8-9-26-73)71(111)89-46(13-7-10-28-79-39(2)93)62(102)86-52(34-57(77)97)61(101)80-36-58(78)98/h5-6,11-12,14-19,31,38,46-54,60,92H,7-10,13,20-30,32-37,73-74H2,1-4H3,(H2,75,95)(H2,76,96)(H2,77,97)(H2,78,98)(H,79,93)(H,80,101)(H,81,94)(H,82,104)(H,83,107)(H,84,108)(H,85,106)(H,86,102)(H,87,110)(H,88,103)(H,89,111)(H,90,105)(H,91,109)(H,99,100)/t38-,46+,47+,48+,49+,50+,51+,52+,53+,54+,60+,72+/m1/s1. The molecule has 0 spiro atoms. The van der Waals surface area contributed by atoms with Gasteiger partial charge in [0.2, 0.25) is 100 Å². The van der Waals surface area contributed by atoms with Gasteiger partial charge >= 0.3 is 5.97 Å². The number of aliphatic carboxylic acids is 1. The maximum Gasteiger partial charge on any atom is 0.305 e. The zero-order valence-corrected chi connectivity index (χ0v) is 64.1. The van der Waals surface area contributed by atoms with Crippen LogP contribution in [0.1, 0.15) is 122 Å². The van der Waals surface area contributed by atoms with Crippen molar-refractivity contribution in [1.82, 2.24) is 69.1 Å². The number of aliphatic hydroxyl groups is 1. The van der Waals surface area contributed by atoms with Crippen molar-refractivity contribution in [3.05, 3.63) is 77.9 Å². The Morgan fingerprint density at radius 3 is 1.77 bits per heavy atom. The number of unbranched alkanes of at least 4 members (excludes halogenated alkanes) is 2. The number of thioether (sulfide) groups is 1. The van der Waals surface area contributed by atoms with Gasteiger partial charge in [-0.3, -0.25) is 86.3 Å². The number of carboxylic acid groups (broad SMARTS) is 1. The number of primary amides is 4. The van der Waals surface area contributed by atoms with Gasteiger partial charge in [-0.2, -0.15) is 11.8 Å². The van der Waals surface area contributed by atoms with Crippen LogP contribution in [0.5, 0.6) is 5.75 Å². The van der Waals surface area contributed by atoms with Crippen LogP contribution in [-0.2, 0) is 99.1 Å². The van der Waals surface area contributed by atoms with Gasteiger partial charge in [-0.25, -0.2) is 0 Å². The highest BCUT2D eigenvalue weighted by atomic mass is 32.2. The van der Waals surface area contributed by atoms with Crippen LogP contribution in [0, 0.1) is 0 Å². The fraction of sp³-hybridized carbons (Fsp3) is 0.528. The van der Waals surface area contributed by atoms with Crippen LogP contribution in [0.2, 0.25) is 0 Å². The Morgan fingerprint density at radius 1 is 0.593 bits per heavy atom. The number of carbonyl (C=O) groups excluding carboxylic acids is 17. The first kappa shape index (κ1) is 93.8. The van der Waals surface area contributed by atoms with Gasteiger partial charge in [0.05, 0.1) is 25.5 Å². The molecule has 4 rings (SSSR count). The third-order valence-corrected chi connectivity index (χ3v) is 18.6. The average molecular weight is 1600 g/mol. The van der Waals surface area contributed by atoms with Crippen molar-refractivity contribution in [3.8, 4) is 5.75 Å². The minimum atomic E-state index is -2.13. The molecule has 1 heterocycles. The molecule has 27 N–H and O–H groups in total. The van der Waals surface area contributed by atoms with Crippen molar-refractivity contribution in [3.63, 3.8) is 0 Å².